The third-order valence-corrected chi connectivity index (χ3v) is 6.03. The fourth-order valence-electron chi connectivity index (χ4n) is 2.05. The minimum absolute atomic E-state index is 0.0446. The normalized spacial score (nSPS) is 12.6. The summed E-state index contributed by atoms with van der Waals surface area (Å²) >= 11 is 1.04. The van der Waals surface area contributed by atoms with Gasteiger partial charge in [0.1, 0.15) is 0 Å². The zero-order chi connectivity index (χ0) is 18.6. The topological polar surface area (TPSA) is 113 Å². The van der Waals surface area contributed by atoms with Crippen molar-refractivity contribution in [2.75, 3.05) is 12.4 Å². The maximum Gasteiger partial charge on any atom is 0.306 e. The van der Waals surface area contributed by atoms with E-state index in [0.717, 1.165) is 16.9 Å². The number of rotatable bonds is 7. The standard InChI is InChI=1S/C16H18N2O5S2/c1-10(16(20)21)7-11-3-5-12(6-4-11)18-15(19)14-8-13(9-24-14)25(22,23)17-2/h3-6,8-10,17H,7H2,1-2H3,(H,18,19)(H,20,21). The highest BCUT2D eigenvalue weighted by Crippen LogP contribution is 2.21. The number of carboxylic acids is 1. The molecule has 0 bridgehead atoms. The number of carbonyl (C=O) groups is 2. The molecule has 0 fully saturated rings. The van der Waals surface area contributed by atoms with Crippen LogP contribution in [0.15, 0.2) is 40.6 Å². The summed E-state index contributed by atoms with van der Waals surface area (Å²) in [4.78, 5) is 23.4. The highest BCUT2D eigenvalue weighted by molar-refractivity contribution is 7.89. The minimum Gasteiger partial charge on any atom is -0.481 e. The molecule has 1 heterocycles. The second kappa shape index (κ2) is 7.77. The van der Waals surface area contributed by atoms with Gasteiger partial charge < -0.3 is 10.4 Å². The number of sulfonamides is 1. The quantitative estimate of drug-likeness (QED) is 0.679. The first kappa shape index (κ1) is 19.1. The van der Waals surface area contributed by atoms with Gasteiger partial charge in [0.15, 0.2) is 0 Å². The fraction of sp³-hybridized carbons (Fsp3) is 0.250. The largest absolute Gasteiger partial charge is 0.481 e. The molecule has 3 N–H and O–H groups in total. The molecular formula is C16H18N2O5S2. The third kappa shape index (κ3) is 4.88. The Bertz CT molecular complexity index is 872. The molecule has 7 nitrogen and oxygen atoms in total. The zero-order valence-electron chi connectivity index (χ0n) is 13.6. The van der Waals surface area contributed by atoms with Gasteiger partial charge in [0.25, 0.3) is 5.91 Å². The molecule has 1 atom stereocenters. The van der Waals surface area contributed by atoms with Gasteiger partial charge in [-0.05, 0) is 37.2 Å². The van der Waals surface area contributed by atoms with Crippen LogP contribution in [0.5, 0.6) is 0 Å². The summed E-state index contributed by atoms with van der Waals surface area (Å²) in [5.74, 6) is -1.75. The maximum absolute atomic E-state index is 12.2. The first-order valence-corrected chi connectivity index (χ1v) is 9.74. The summed E-state index contributed by atoms with van der Waals surface area (Å²) in [5, 5.41) is 13.0. The minimum atomic E-state index is -3.58. The van der Waals surface area contributed by atoms with Crippen LogP contribution in [0.1, 0.15) is 22.2 Å². The van der Waals surface area contributed by atoms with E-state index in [2.05, 4.69) is 10.0 Å². The van der Waals surface area contributed by atoms with E-state index in [4.69, 9.17) is 5.11 Å². The van der Waals surface area contributed by atoms with Crippen molar-refractivity contribution in [2.24, 2.45) is 5.92 Å². The number of amides is 1. The first-order chi connectivity index (χ1) is 11.7. The Kier molecular flexibility index (Phi) is 5.93. The van der Waals surface area contributed by atoms with Crippen LogP contribution in [0.4, 0.5) is 5.69 Å². The van der Waals surface area contributed by atoms with Gasteiger partial charge in [0.05, 0.1) is 15.7 Å². The molecule has 2 aromatic rings. The molecule has 25 heavy (non-hydrogen) atoms. The maximum atomic E-state index is 12.2. The second-order valence-electron chi connectivity index (χ2n) is 5.45. The molecule has 0 saturated heterocycles. The molecule has 1 unspecified atom stereocenters. The first-order valence-electron chi connectivity index (χ1n) is 7.38. The molecule has 0 aliphatic heterocycles. The van der Waals surface area contributed by atoms with E-state index < -0.39 is 27.8 Å². The molecule has 0 radical (unpaired) electrons. The molecule has 2 rings (SSSR count). The van der Waals surface area contributed by atoms with Crippen molar-refractivity contribution in [1.82, 2.24) is 4.72 Å². The smallest absolute Gasteiger partial charge is 0.306 e. The predicted molar refractivity (Wildman–Crippen MR) is 95.5 cm³/mol. The highest BCUT2D eigenvalue weighted by atomic mass is 32.2. The fourth-order valence-corrected chi connectivity index (χ4v) is 3.95. The molecule has 134 valence electrons. The summed E-state index contributed by atoms with van der Waals surface area (Å²) in [5.41, 5.74) is 1.40. The molecule has 1 aromatic carbocycles. The van der Waals surface area contributed by atoms with E-state index in [-0.39, 0.29) is 9.77 Å². The molecule has 0 saturated carbocycles. The van der Waals surface area contributed by atoms with Gasteiger partial charge in [-0.2, -0.15) is 0 Å². The van der Waals surface area contributed by atoms with Crippen molar-refractivity contribution in [1.29, 1.82) is 0 Å². The number of anilines is 1. The molecule has 0 aliphatic carbocycles. The van der Waals surface area contributed by atoms with Gasteiger partial charge in [0.2, 0.25) is 10.0 Å². The molecule has 1 aromatic heterocycles. The predicted octanol–water partition coefficient (Wildman–Crippen LogP) is 2.17. The van der Waals surface area contributed by atoms with E-state index in [1.54, 1.807) is 31.2 Å². The number of nitrogens with one attached hydrogen (secondary N) is 2. The Morgan fingerprint density at radius 3 is 2.44 bits per heavy atom. The van der Waals surface area contributed by atoms with Crippen molar-refractivity contribution >= 4 is 38.9 Å². The Hall–Kier alpha value is -2.23. The van der Waals surface area contributed by atoms with E-state index in [1.165, 1.54) is 18.5 Å². The SMILES string of the molecule is CNS(=O)(=O)c1csc(C(=O)Nc2ccc(CC(C)C(=O)O)cc2)c1. The lowest BCUT2D eigenvalue weighted by atomic mass is 10.0. The molecule has 0 spiro atoms. The Labute approximate surface area is 149 Å². The van der Waals surface area contributed by atoms with Crippen LogP contribution in [0, 0.1) is 5.92 Å². The van der Waals surface area contributed by atoms with Crippen LogP contribution in [0.3, 0.4) is 0 Å². The molecule has 0 aliphatic rings. The Morgan fingerprint density at radius 1 is 1.24 bits per heavy atom. The monoisotopic (exact) mass is 382 g/mol. The van der Waals surface area contributed by atoms with Gasteiger partial charge in [-0.15, -0.1) is 11.3 Å². The van der Waals surface area contributed by atoms with E-state index in [9.17, 15) is 18.0 Å². The van der Waals surface area contributed by atoms with Crippen LogP contribution in [-0.4, -0.2) is 32.4 Å². The lowest BCUT2D eigenvalue weighted by Gasteiger charge is -2.08. The summed E-state index contributed by atoms with van der Waals surface area (Å²) < 4.78 is 25.6. The number of carboxylic acid groups (broad SMARTS) is 1. The average Bonchev–Trinajstić information content (AvgIpc) is 3.07. The van der Waals surface area contributed by atoms with Crippen molar-refractivity contribution in [3.63, 3.8) is 0 Å². The van der Waals surface area contributed by atoms with Crippen LogP contribution in [0.25, 0.3) is 0 Å². The van der Waals surface area contributed by atoms with Crippen LogP contribution in [0.2, 0.25) is 0 Å². The molecule has 1 amide bonds. The van der Waals surface area contributed by atoms with Crippen molar-refractivity contribution in [3.8, 4) is 0 Å². The second-order valence-corrected chi connectivity index (χ2v) is 8.25. The van der Waals surface area contributed by atoms with Crippen molar-refractivity contribution < 1.29 is 23.1 Å². The van der Waals surface area contributed by atoms with Gasteiger partial charge in [-0.3, -0.25) is 9.59 Å². The number of hydrogen-bond donors (Lipinski definition) is 3. The van der Waals surface area contributed by atoms with E-state index >= 15 is 0 Å². The average molecular weight is 382 g/mol. The number of aliphatic carboxylic acids is 1. The Morgan fingerprint density at radius 2 is 1.88 bits per heavy atom. The van der Waals surface area contributed by atoms with Gasteiger partial charge >= 0.3 is 5.97 Å². The zero-order valence-corrected chi connectivity index (χ0v) is 15.3. The summed E-state index contributed by atoms with van der Waals surface area (Å²) in [7, 11) is -2.27. The van der Waals surface area contributed by atoms with Gasteiger partial charge in [0, 0.05) is 11.1 Å². The third-order valence-electron chi connectivity index (χ3n) is 3.55. The van der Waals surface area contributed by atoms with Crippen LogP contribution >= 0.6 is 11.3 Å². The van der Waals surface area contributed by atoms with Gasteiger partial charge in [-0.25, -0.2) is 13.1 Å². The van der Waals surface area contributed by atoms with E-state index in [1.807, 2.05) is 0 Å². The lowest BCUT2D eigenvalue weighted by Crippen LogP contribution is -2.18. The number of carbonyl (C=O) groups excluding carboxylic acids is 1. The summed E-state index contributed by atoms with van der Waals surface area (Å²) in [6.45, 7) is 1.63. The van der Waals surface area contributed by atoms with Crippen LogP contribution < -0.4 is 10.0 Å². The highest BCUT2D eigenvalue weighted by Gasteiger charge is 2.17. The number of benzene rings is 1. The van der Waals surface area contributed by atoms with Crippen LogP contribution in [-0.2, 0) is 21.2 Å². The lowest BCUT2D eigenvalue weighted by molar-refractivity contribution is -0.141. The number of hydrogen-bond acceptors (Lipinski definition) is 5. The van der Waals surface area contributed by atoms with Crippen molar-refractivity contribution in [2.45, 2.75) is 18.2 Å². The van der Waals surface area contributed by atoms with E-state index in [0.29, 0.717) is 12.1 Å². The van der Waals surface area contributed by atoms with Gasteiger partial charge in [-0.1, -0.05) is 19.1 Å². The summed E-state index contributed by atoms with van der Waals surface area (Å²) in [6, 6.07) is 8.18. The molecule has 9 heteroatoms. The van der Waals surface area contributed by atoms with Crippen molar-refractivity contribution in [3.05, 3.63) is 46.2 Å². The Balaban J connectivity index is 2.05. The summed E-state index contributed by atoms with van der Waals surface area (Å²) in [6.07, 6.45) is 0.403. The number of thiophene rings is 1. The molecular weight excluding hydrogens is 364 g/mol.